The van der Waals surface area contributed by atoms with Crippen LogP contribution in [0.1, 0.15) is 5.69 Å². The van der Waals surface area contributed by atoms with Gasteiger partial charge in [-0.15, -0.1) is 0 Å². The van der Waals surface area contributed by atoms with E-state index in [-0.39, 0.29) is 11.6 Å². The van der Waals surface area contributed by atoms with Gasteiger partial charge in [-0.05, 0) is 23.8 Å². The van der Waals surface area contributed by atoms with Gasteiger partial charge >= 0.3 is 0 Å². The molecule has 0 radical (unpaired) electrons. The molecule has 2 heterocycles. The van der Waals surface area contributed by atoms with E-state index in [1.54, 1.807) is 31.7 Å². The lowest BCUT2D eigenvalue weighted by Gasteiger charge is -2.11. The minimum atomic E-state index is -3.49. The summed E-state index contributed by atoms with van der Waals surface area (Å²) in [4.78, 5) is 17.2. The second-order valence-corrected chi connectivity index (χ2v) is 7.87. The van der Waals surface area contributed by atoms with Crippen molar-refractivity contribution in [3.05, 3.63) is 48.6 Å². The van der Waals surface area contributed by atoms with Crippen LogP contribution in [0.5, 0.6) is 5.88 Å². The quantitative estimate of drug-likeness (QED) is 0.592. The Kier molecular flexibility index (Phi) is 5.74. The van der Waals surface area contributed by atoms with Crippen molar-refractivity contribution in [1.29, 1.82) is 0 Å². The number of aromatic nitrogens is 3. The predicted molar refractivity (Wildman–Crippen MR) is 114 cm³/mol. The van der Waals surface area contributed by atoms with Crippen molar-refractivity contribution in [2.75, 3.05) is 25.1 Å². The van der Waals surface area contributed by atoms with Crippen molar-refractivity contribution >= 4 is 38.5 Å². The Labute approximate surface area is 168 Å². The first kappa shape index (κ1) is 20.2. The zero-order valence-electron chi connectivity index (χ0n) is 16.1. The standard InChI is InChI=1S/C19H20N6O3S/c1-21-9-14(8-20)18-11-22-15-5-4-12(6-16(15)24-18)13-7-17(25-29(3,26)27)19(28-2)23-10-13/h4-11,25H,20H2,1-3H3. The Morgan fingerprint density at radius 3 is 2.62 bits per heavy atom. The molecule has 0 fully saturated rings. The summed E-state index contributed by atoms with van der Waals surface area (Å²) in [6, 6.07) is 7.18. The summed E-state index contributed by atoms with van der Waals surface area (Å²) in [6.07, 6.45) is 7.32. The van der Waals surface area contributed by atoms with Gasteiger partial charge in [0.2, 0.25) is 15.9 Å². The maximum atomic E-state index is 11.6. The number of ether oxygens (including phenoxy) is 1. The van der Waals surface area contributed by atoms with Crippen LogP contribution in [0, 0.1) is 0 Å². The summed E-state index contributed by atoms with van der Waals surface area (Å²) in [6.45, 7) is 0. The molecule has 150 valence electrons. The zero-order chi connectivity index (χ0) is 21.0. The average molecular weight is 412 g/mol. The van der Waals surface area contributed by atoms with Gasteiger partial charge in [0.15, 0.2) is 0 Å². The molecule has 0 aliphatic heterocycles. The van der Waals surface area contributed by atoms with E-state index >= 15 is 0 Å². The summed E-state index contributed by atoms with van der Waals surface area (Å²) in [5, 5.41) is 0. The van der Waals surface area contributed by atoms with Gasteiger partial charge in [0.1, 0.15) is 5.69 Å². The van der Waals surface area contributed by atoms with E-state index in [9.17, 15) is 8.42 Å². The molecular weight excluding hydrogens is 392 g/mol. The summed E-state index contributed by atoms with van der Waals surface area (Å²) in [7, 11) is -0.421. The van der Waals surface area contributed by atoms with E-state index in [0.717, 1.165) is 11.8 Å². The molecule has 0 spiro atoms. The van der Waals surface area contributed by atoms with Crippen LogP contribution in [0.4, 0.5) is 5.69 Å². The molecule has 2 aromatic heterocycles. The molecule has 0 bridgehead atoms. The largest absolute Gasteiger partial charge is 0.480 e. The lowest BCUT2D eigenvalue weighted by molar-refractivity contribution is 0.400. The molecule has 10 heteroatoms. The number of benzene rings is 1. The first-order chi connectivity index (χ1) is 13.8. The monoisotopic (exact) mass is 412 g/mol. The fourth-order valence-electron chi connectivity index (χ4n) is 2.71. The highest BCUT2D eigenvalue weighted by molar-refractivity contribution is 7.92. The van der Waals surface area contributed by atoms with Crippen LogP contribution in [-0.2, 0) is 10.0 Å². The molecule has 0 aliphatic carbocycles. The first-order valence-electron chi connectivity index (χ1n) is 8.48. The molecule has 0 unspecified atom stereocenters. The van der Waals surface area contributed by atoms with E-state index < -0.39 is 10.0 Å². The van der Waals surface area contributed by atoms with Crippen LogP contribution in [-0.4, -0.2) is 50.0 Å². The van der Waals surface area contributed by atoms with E-state index in [2.05, 4.69) is 24.7 Å². The normalized spacial score (nSPS) is 12.4. The molecule has 29 heavy (non-hydrogen) atoms. The third-order valence-electron chi connectivity index (χ3n) is 3.96. The number of nitrogens with two attached hydrogens (primary N) is 1. The molecule has 9 nitrogen and oxygen atoms in total. The number of methoxy groups -OCH3 is 1. The average Bonchev–Trinajstić information content (AvgIpc) is 2.70. The Morgan fingerprint density at radius 1 is 1.17 bits per heavy atom. The summed E-state index contributed by atoms with van der Waals surface area (Å²) in [5.41, 5.74) is 9.98. The lowest BCUT2D eigenvalue weighted by Crippen LogP contribution is -2.11. The molecule has 0 aliphatic rings. The number of anilines is 1. The third kappa shape index (κ3) is 4.66. The smallest absolute Gasteiger partial charge is 0.238 e. The van der Waals surface area contributed by atoms with E-state index in [1.807, 2.05) is 18.2 Å². The number of hydrogen-bond donors (Lipinski definition) is 2. The fourth-order valence-corrected chi connectivity index (χ4v) is 3.26. The number of aliphatic imine (C=N–C) groups is 1. The number of allylic oxidation sites excluding steroid dienone is 1. The van der Waals surface area contributed by atoms with Crippen LogP contribution in [0.2, 0.25) is 0 Å². The second-order valence-electron chi connectivity index (χ2n) is 6.12. The third-order valence-corrected chi connectivity index (χ3v) is 4.55. The molecule has 3 N–H and O–H groups in total. The SMILES string of the molecule is CN=CC(=CN)c1cnc2ccc(-c3cnc(OC)c(NS(C)(=O)=O)c3)cc2n1. The van der Waals surface area contributed by atoms with Crippen molar-refractivity contribution in [2.24, 2.45) is 10.7 Å². The molecule has 1 aromatic carbocycles. The van der Waals surface area contributed by atoms with Crippen LogP contribution in [0.15, 0.2) is 47.9 Å². The molecular formula is C19H20N6O3S. The number of rotatable bonds is 6. The number of hydrogen-bond acceptors (Lipinski definition) is 8. The fraction of sp³-hybridized carbons (Fsp3) is 0.158. The van der Waals surface area contributed by atoms with Gasteiger partial charge in [0.05, 0.1) is 36.3 Å². The Morgan fingerprint density at radius 2 is 1.97 bits per heavy atom. The number of pyridine rings is 1. The lowest BCUT2D eigenvalue weighted by atomic mass is 10.1. The maximum Gasteiger partial charge on any atom is 0.238 e. The summed E-state index contributed by atoms with van der Waals surface area (Å²) in [5.74, 6) is 0.179. The Bertz CT molecular complexity index is 1220. The highest BCUT2D eigenvalue weighted by Crippen LogP contribution is 2.30. The topological polar surface area (TPSA) is 132 Å². The van der Waals surface area contributed by atoms with E-state index in [1.165, 1.54) is 13.3 Å². The number of nitrogens with one attached hydrogen (secondary N) is 1. The molecule has 0 amide bonds. The number of sulfonamides is 1. The molecule has 0 saturated heterocycles. The summed E-state index contributed by atoms with van der Waals surface area (Å²) >= 11 is 0. The van der Waals surface area contributed by atoms with Gasteiger partial charge in [0, 0.05) is 36.8 Å². The second kappa shape index (κ2) is 8.23. The van der Waals surface area contributed by atoms with E-state index in [4.69, 9.17) is 10.5 Å². The molecule has 0 atom stereocenters. The van der Waals surface area contributed by atoms with Crippen LogP contribution >= 0.6 is 0 Å². The van der Waals surface area contributed by atoms with Gasteiger partial charge in [-0.2, -0.15) is 0 Å². The molecule has 3 rings (SSSR count). The Balaban J connectivity index is 2.09. The number of fused-ring (bicyclic) bond motifs is 1. The minimum absolute atomic E-state index is 0.179. The van der Waals surface area contributed by atoms with Crippen LogP contribution in [0.25, 0.3) is 27.7 Å². The zero-order valence-corrected chi connectivity index (χ0v) is 16.9. The van der Waals surface area contributed by atoms with Crippen LogP contribution in [0.3, 0.4) is 0 Å². The van der Waals surface area contributed by atoms with Crippen LogP contribution < -0.4 is 15.2 Å². The number of nitrogens with zero attached hydrogens (tertiary/aromatic N) is 4. The van der Waals surface area contributed by atoms with Crippen molar-refractivity contribution < 1.29 is 13.2 Å². The molecule has 3 aromatic rings. The molecule has 0 saturated carbocycles. The van der Waals surface area contributed by atoms with Gasteiger partial charge in [-0.3, -0.25) is 14.7 Å². The van der Waals surface area contributed by atoms with Gasteiger partial charge < -0.3 is 10.5 Å². The highest BCUT2D eigenvalue weighted by Gasteiger charge is 2.12. The van der Waals surface area contributed by atoms with Gasteiger partial charge in [-0.1, -0.05) is 6.07 Å². The summed E-state index contributed by atoms with van der Waals surface area (Å²) < 4.78 is 30.8. The van der Waals surface area contributed by atoms with E-state index in [0.29, 0.717) is 27.9 Å². The van der Waals surface area contributed by atoms with Crippen molar-refractivity contribution in [3.63, 3.8) is 0 Å². The Hall–Kier alpha value is -3.53. The highest BCUT2D eigenvalue weighted by atomic mass is 32.2. The first-order valence-corrected chi connectivity index (χ1v) is 10.4. The van der Waals surface area contributed by atoms with Crippen molar-refractivity contribution in [3.8, 4) is 17.0 Å². The maximum absolute atomic E-state index is 11.6. The van der Waals surface area contributed by atoms with Crippen molar-refractivity contribution in [2.45, 2.75) is 0 Å². The minimum Gasteiger partial charge on any atom is -0.480 e. The van der Waals surface area contributed by atoms with Gasteiger partial charge in [-0.25, -0.2) is 18.4 Å². The van der Waals surface area contributed by atoms with Gasteiger partial charge in [0.25, 0.3) is 0 Å². The van der Waals surface area contributed by atoms with Crippen molar-refractivity contribution in [1.82, 2.24) is 15.0 Å². The predicted octanol–water partition coefficient (Wildman–Crippen LogP) is 2.07.